The highest BCUT2D eigenvalue weighted by atomic mass is 14.1. The van der Waals surface area contributed by atoms with Crippen molar-refractivity contribution in [3.63, 3.8) is 0 Å². The van der Waals surface area contributed by atoms with Crippen LogP contribution in [-0.4, -0.2) is 0 Å². The third-order valence-corrected chi connectivity index (χ3v) is 0.838. The second-order valence-corrected chi connectivity index (χ2v) is 3.29. The molecule has 0 spiro atoms. The van der Waals surface area contributed by atoms with Gasteiger partial charge in [-0.25, -0.2) is 0 Å². The highest BCUT2D eigenvalue weighted by Gasteiger charge is 2.01. The lowest BCUT2D eigenvalue weighted by molar-refractivity contribution is 0.545. The number of hydrogen-bond donors (Lipinski definition) is 0. The van der Waals surface area contributed by atoms with Gasteiger partial charge in [0.15, 0.2) is 0 Å². The summed E-state index contributed by atoms with van der Waals surface area (Å²) in [5.41, 5.74) is 3.41. The summed E-state index contributed by atoms with van der Waals surface area (Å²) in [5.74, 6) is 0. The van der Waals surface area contributed by atoms with Crippen molar-refractivity contribution in [1.82, 2.24) is 0 Å². The molecular weight excluding hydrogens is 108 g/mol. The van der Waals surface area contributed by atoms with Crippen LogP contribution in [0.25, 0.3) is 0 Å². The molecule has 0 nitrogen and oxygen atoms in total. The molecule has 0 atom stereocenters. The van der Waals surface area contributed by atoms with E-state index in [1.54, 1.807) is 0 Å². The van der Waals surface area contributed by atoms with Crippen LogP contribution >= 0.6 is 0 Å². The van der Waals surface area contributed by atoms with E-state index in [4.69, 9.17) is 0 Å². The maximum Gasteiger partial charge on any atom is -0.0127 e. The van der Waals surface area contributed by atoms with E-state index < -0.39 is 0 Å². The molecule has 0 amide bonds. The summed E-state index contributed by atoms with van der Waals surface area (Å²) in [6.07, 6.45) is 5.22. The highest BCUT2D eigenvalue weighted by molar-refractivity contribution is 4.92. The Hall–Kier alpha value is -0.480. The van der Waals surface area contributed by atoms with E-state index in [0.717, 1.165) is 6.42 Å². The summed E-state index contributed by atoms with van der Waals surface area (Å²) in [4.78, 5) is 0. The third-order valence-electron chi connectivity index (χ3n) is 0.838. The van der Waals surface area contributed by atoms with Gasteiger partial charge in [-0.1, -0.05) is 27.7 Å². The molecule has 0 aromatic heterocycles. The topological polar surface area (TPSA) is 0 Å². The van der Waals surface area contributed by atoms with E-state index in [1.807, 2.05) is 6.08 Å². The Morgan fingerprint density at radius 3 is 2.22 bits per heavy atom. The normalized spacial score (nSPS) is 10.2. The second kappa shape index (κ2) is 3.53. The molecule has 0 heteroatoms. The van der Waals surface area contributed by atoms with Crippen molar-refractivity contribution >= 4 is 0 Å². The standard InChI is InChI=1S/C9H16/c1-5-6-7-8-9(2,3)4/h6,8H,5H2,1-4H3. The molecule has 0 aromatic carbocycles. The van der Waals surface area contributed by atoms with Gasteiger partial charge in [0.2, 0.25) is 0 Å². The molecule has 0 aliphatic carbocycles. The van der Waals surface area contributed by atoms with Gasteiger partial charge < -0.3 is 0 Å². The van der Waals surface area contributed by atoms with Gasteiger partial charge >= 0.3 is 0 Å². The van der Waals surface area contributed by atoms with E-state index in [2.05, 4.69) is 39.5 Å². The summed E-state index contributed by atoms with van der Waals surface area (Å²) in [6.45, 7) is 8.62. The summed E-state index contributed by atoms with van der Waals surface area (Å²) in [6, 6.07) is 0. The molecule has 0 radical (unpaired) electrons. The Kier molecular flexibility index (Phi) is 3.34. The van der Waals surface area contributed by atoms with Crippen molar-refractivity contribution in [2.75, 3.05) is 0 Å². The molecule has 9 heavy (non-hydrogen) atoms. The molecule has 0 aliphatic rings. The molecule has 0 aliphatic heterocycles. The van der Waals surface area contributed by atoms with E-state index in [0.29, 0.717) is 0 Å². The Labute approximate surface area is 58.3 Å². The molecule has 0 bridgehead atoms. The van der Waals surface area contributed by atoms with Crippen molar-refractivity contribution in [2.24, 2.45) is 5.41 Å². The van der Waals surface area contributed by atoms with Gasteiger partial charge in [0.05, 0.1) is 0 Å². The first-order valence-electron chi connectivity index (χ1n) is 3.48. The van der Waals surface area contributed by atoms with E-state index in [9.17, 15) is 0 Å². The number of rotatable bonds is 1. The molecule has 0 fully saturated rings. The van der Waals surface area contributed by atoms with E-state index in [-0.39, 0.29) is 5.41 Å². The van der Waals surface area contributed by atoms with Crippen LogP contribution in [0.3, 0.4) is 0 Å². The van der Waals surface area contributed by atoms with Crippen LogP contribution in [0.2, 0.25) is 0 Å². The molecule has 0 N–H and O–H groups in total. The Bertz CT molecular complexity index is 117. The fourth-order valence-corrected chi connectivity index (χ4v) is 0.427. The van der Waals surface area contributed by atoms with Crippen LogP contribution in [-0.2, 0) is 0 Å². The van der Waals surface area contributed by atoms with Gasteiger partial charge in [-0.05, 0) is 24.0 Å². The molecule has 0 unspecified atom stereocenters. The van der Waals surface area contributed by atoms with Crippen LogP contribution < -0.4 is 0 Å². The first kappa shape index (κ1) is 8.52. The smallest absolute Gasteiger partial charge is 0.0127 e. The second-order valence-electron chi connectivity index (χ2n) is 3.29. The van der Waals surface area contributed by atoms with Crippen molar-refractivity contribution < 1.29 is 0 Å². The Morgan fingerprint density at radius 1 is 1.33 bits per heavy atom. The lowest BCUT2D eigenvalue weighted by Gasteiger charge is -2.08. The van der Waals surface area contributed by atoms with Crippen LogP contribution in [0.1, 0.15) is 34.1 Å². The average molecular weight is 124 g/mol. The van der Waals surface area contributed by atoms with Crippen LogP contribution in [0.5, 0.6) is 0 Å². The molecule has 0 rings (SSSR count). The third kappa shape index (κ3) is 7.52. The van der Waals surface area contributed by atoms with Crippen LogP contribution in [0.15, 0.2) is 17.9 Å². The monoisotopic (exact) mass is 124 g/mol. The van der Waals surface area contributed by atoms with Gasteiger partial charge in [-0.15, -0.1) is 5.73 Å². The van der Waals surface area contributed by atoms with E-state index in [1.165, 1.54) is 0 Å². The lowest BCUT2D eigenvalue weighted by atomic mass is 9.97. The fraction of sp³-hybridized carbons (Fsp3) is 0.667. The van der Waals surface area contributed by atoms with Crippen LogP contribution in [0.4, 0.5) is 0 Å². The lowest BCUT2D eigenvalue weighted by Crippen LogP contribution is -1.96. The maximum atomic E-state index is 3.12. The zero-order valence-corrected chi connectivity index (χ0v) is 6.86. The largest absolute Gasteiger partial charge is 0.129 e. The van der Waals surface area contributed by atoms with Crippen LogP contribution in [0, 0.1) is 5.41 Å². The quantitative estimate of drug-likeness (QED) is 0.471. The van der Waals surface area contributed by atoms with Crippen molar-refractivity contribution in [3.05, 3.63) is 17.9 Å². The predicted molar refractivity (Wildman–Crippen MR) is 42.4 cm³/mol. The van der Waals surface area contributed by atoms with Gasteiger partial charge in [-0.3, -0.25) is 0 Å². The van der Waals surface area contributed by atoms with Gasteiger partial charge in [0.25, 0.3) is 0 Å². The van der Waals surface area contributed by atoms with Crippen molar-refractivity contribution in [2.45, 2.75) is 34.1 Å². The van der Waals surface area contributed by atoms with Crippen molar-refractivity contribution in [1.29, 1.82) is 0 Å². The summed E-state index contributed by atoms with van der Waals surface area (Å²) < 4.78 is 0. The zero-order valence-electron chi connectivity index (χ0n) is 6.86. The number of hydrogen-bond acceptors (Lipinski definition) is 0. The van der Waals surface area contributed by atoms with Gasteiger partial charge in [-0.2, -0.15) is 0 Å². The minimum Gasteiger partial charge on any atom is -0.129 e. The summed E-state index contributed by atoms with van der Waals surface area (Å²) in [5, 5.41) is 0. The predicted octanol–water partition coefficient (Wildman–Crippen LogP) is 3.15. The summed E-state index contributed by atoms with van der Waals surface area (Å²) in [7, 11) is 0. The molecule has 0 saturated heterocycles. The zero-order chi connectivity index (χ0) is 7.33. The van der Waals surface area contributed by atoms with E-state index >= 15 is 0 Å². The minimum atomic E-state index is 0.283. The molecule has 52 valence electrons. The maximum absolute atomic E-state index is 3.12. The SMILES string of the molecule is CCC=C=CC(C)(C)C. The molecule has 0 saturated carbocycles. The Balaban J connectivity index is 3.84. The Morgan fingerprint density at radius 2 is 1.89 bits per heavy atom. The first-order chi connectivity index (χ1) is 4.06. The molecule has 0 heterocycles. The number of allylic oxidation sites excluding steroid dienone is 1. The first-order valence-corrected chi connectivity index (χ1v) is 3.48. The average Bonchev–Trinajstić information content (AvgIpc) is 1.63. The van der Waals surface area contributed by atoms with Gasteiger partial charge in [0.1, 0.15) is 0 Å². The van der Waals surface area contributed by atoms with Crippen molar-refractivity contribution in [3.8, 4) is 0 Å². The summed E-state index contributed by atoms with van der Waals surface area (Å²) >= 11 is 0. The fourth-order valence-electron chi connectivity index (χ4n) is 0.427. The minimum absolute atomic E-state index is 0.283. The molecule has 0 aromatic rings. The highest BCUT2D eigenvalue weighted by Crippen LogP contribution is 2.13. The molecular formula is C9H16. The van der Waals surface area contributed by atoms with Gasteiger partial charge in [0, 0.05) is 0 Å².